The fourth-order valence-corrected chi connectivity index (χ4v) is 4.51. The van der Waals surface area contributed by atoms with Gasteiger partial charge in [-0.25, -0.2) is 9.97 Å². The molecule has 0 radical (unpaired) electrons. The standard InChI is InChI=1S/C15H12Br2ClN3/c1-7-4-10(16)5-11(17)13(7)21-6-8(2)12-14(18)19-9(3)20-15(12)21/h4-6H,1-3H3. The van der Waals surface area contributed by atoms with Crippen molar-refractivity contribution in [1.29, 1.82) is 0 Å². The van der Waals surface area contributed by atoms with E-state index in [-0.39, 0.29) is 0 Å². The van der Waals surface area contributed by atoms with Crippen molar-refractivity contribution in [3.8, 4) is 5.69 Å². The summed E-state index contributed by atoms with van der Waals surface area (Å²) < 4.78 is 4.10. The second-order valence-electron chi connectivity index (χ2n) is 5.00. The molecule has 0 fully saturated rings. The van der Waals surface area contributed by atoms with Crippen molar-refractivity contribution < 1.29 is 0 Å². The van der Waals surface area contributed by atoms with Crippen LogP contribution in [0.4, 0.5) is 0 Å². The Morgan fingerprint density at radius 3 is 2.43 bits per heavy atom. The van der Waals surface area contributed by atoms with Crippen LogP contribution in [-0.2, 0) is 0 Å². The third kappa shape index (κ3) is 2.51. The summed E-state index contributed by atoms with van der Waals surface area (Å²) in [6.07, 6.45) is 2.05. The van der Waals surface area contributed by atoms with Gasteiger partial charge in [0.1, 0.15) is 16.6 Å². The molecule has 0 unspecified atom stereocenters. The van der Waals surface area contributed by atoms with Crippen LogP contribution in [0.25, 0.3) is 16.7 Å². The van der Waals surface area contributed by atoms with E-state index in [9.17, 15) is 0 Å². The smallest absolute Gasteiger partial charge is 0.150 e. The van der Waals surface area contributed by atoms with Crippen LogP contribution in [0.15, 0.2) is 27.3 Å². The number of rotatable bonds is 1. The number of hydrogen-bond donors (Lipinski definition) is 0. The zero-order valence-corrected chi connectivity index (χ0v) is 15.6. The summed E-state index contributed by atoms with van der Waals surface area (Å²) in [7, 11) is 0. The van der Waals surface area contributed by atoms with E-state index >= 15 is 0 Å². The molecule has 6 heteroatoms. The minimum atomic E-state index is 0.500. The molecule has 0 bridgehead atoms. The number of halogens is 3. The zero-order valence-electron chi connectivity index (χ0n) is 11.7. The van der Waals surface area contributed by atoms with E-state index in [1.807, 2.05) is 26.1 Å². The Bertz CT molecular complexity index is 848. The molecule has 3 aromatic rings. The highest BCUT2D eigenvalue weighted by Gasteiger charge is 2.16. The second-order valence-corrected chi connectivity index (χ2v) is 7.12. The van der Waals surface area contributed by atoms with Gasteiger partial charge in [-0.1, -0.05) is 27.5 Å². The van der Waals surface area contributed by atoms with Crippen molar-refractivity contribution in [2.24, 2.45) is 0 Å². The lowest BCUT2D eigenvalue weighted by molar-refractivity contribution is 1.02. The zero-order chi connectivity index (χ0) is 15.3. The van der Waals surface area contributed by atoms with Gasteiger partial charge in [0.05, 0.1) is 11.1 Å². The van der Waals surface area contributed by atoms with Crippen molar-refractivity contribution in [2.45, 2.75) is 20.8 Å². The van der Waals surface area contributed by atoms with Gasteiger partial charge in [0.2, 0.25) is 0 Å². The quantitative estimate of drug-likeness (QED) is 0.477. The van der Waals surface area contributed by atoms with Gasteiger partial charge in [0.15, 0.2) is 0 Å². The molecule has 0 aliphatic rings. The Kier molecular flexibility index (Phi) is 3.84. The number of aryl methyl sites for hydroxylation is 3. The van der Waals surface area contributed by atoms with Gasteiger partial charge < -0.3 is 0 Å². The number of benzene rings is 1. The lowest BCUT2D eigenvalue weighted by Gasteiger charge is -2.12. The molecular weight excluding hydrogens is 417 g/mol. The average Bonchev–Trinajstić information content (AvgIpc) is 2.65. The second kappa shape index (κ2) is 5.38. The summed E-state index contributed by atoms with van der Waals surface area (Å²) in [6, 6.07) is 4.11. The summed E-state index contributed by atoms with van der Waals surface area (Å²) in [5.74, 6) is 0.665. The first-order chi connectivity index (χ1) is 9.88. The molecule has 0 spiro atoms. The van der Waals surface area contributed by atoms with Crippen molar-refractivity contribution in [3.63, 3.8) is 0 Å². The van der Waals surface area contributed by atoms with Crippen molar-refractivity contribution >= 4 is 54.5 Å². The molecule has 0 aliphatic carbocycles. The Hall–Kier alpha value is -0.910. The van der Waals surface area contributed by atoms with Crippen molar-refractivity contribution in [2.75, 3.05) is 0 Å². The number of fused-ring (bicyclic) bond motifs is 1. The summed E-state index contributed by atoms with van der Waals surface area (Å²) >= 11 is 13.4. The topological polar surface area (TPSA) is 30.7 Å². The first-order valence-electron chi connectivity index (χ1n) is 6.36. The summed E-state index contributed by atoms with van der Waals surface area (Å²) in [6.45, 7) is 5.94. The normalized spacial score (nSPS) is 11.3. The van der Waals surface area contributed by atoms with E-state index < -0.39 is 0 Å². The van der Waals surface area contributed by atoms with Gasteiger partial charge in [-0.05, 0) is 60.0 Å². The van der Waals surface area contributed by atoms with Crippen LogP contribution < -0.4 is 0 Å². The van der Waals surface area contributed by atoms with Crippen LogP contribution >= 0.6 is 43.5 Å². The number of nitrogens with zero attached hydrogens (tertiary/aromatic N) is 3. The van der Waals surface area contributed by atoms with Gasteiger partial charge in [-0.2, -0.15) is 0 Å². The fraction of sp³-hybridized carbons (Fsp3) is 0.200. The van der Waals surface area contributed by atoms with Gasteiger partial charge in [-0.15, -0.1) is 0 Å². The van der Waals surface area contributed by atoms with E-state index in [4.69, 9.17) is 11.6 Å². The highest BCUT2D eigenvalue weighted by atomic mass is 79.9. The van der Waals surface area contributed by atoms with Crippen LogP contribution in [0.5, 0.6) is 0 Å². The van der Waals surface area contributed by atoms with Gasteiger partial charge >= 0.3 is 0 Å². The third-order valence-electron chi connectivity index (χ3n) is 3.36. The van der Waals surface area contributed by atoms with Crippen LogP contribution in [0.1, 0.15) is 17.0 Å². The lowest BCUT2D eigenvalue weighted by Crippen LogP contribution is -2.00. The molecule has 3 rings (SSSR count). The molecule has 0 amide bonds. The molecule has 0 saturated carbocycles. The Morgan fingerprint density at radius 2 is 1.76 bits per heavy atom. The predicted molar refractivity (Wildman–Crippen MR) is 93.5 cm³/mol. The van der Waals surface area contributed by atoms with Crippen molar-refractivity contribution in [1.82, 2.24) is 14.5 Å². The molecule has 0 aliphatic heterocycles. The Labute approximate surface area is 144 Å². The highest BCUT2D eigenvalue weighted by molar-refractivity contribution is 9.11. The van der Waals surface area contributed by atoms with Crippen LogP contribution in [0.2, 0.25) is 5.15 Å². The molecule has 2 heterocycles. The molecule has 3 nitrogen and oxygen atoms in total. The van der Waals surface area contributed by atoms with E-state index in [0.717, 1.165) is 36.8 Å². The largest absolute Gasteiger partial charge is 0.299 e. The predicted octanol–water partition coefficient (Wildman–Crippen LogP) is 5.52. The van der Waals surface area contributed by atoms with E-state index in [1.165, 1.54) is 0 Å². The molecule has 0 N–H and O–H groups in total. The number of aromatic nitrogens is 3. The average molecular weight is 430 g/mol. The summed E-state index contributed by atoms with van der Waals surface area (Å²) in [4.78, 5) is 8.82. The first kappa shape index (κ1) is 15.0. The maximum atomic E-state index is 6.29. The van der Waals surface area contributed by atoms with Crippen LogP contribution in [0.3, 0.4) is 0 Å². The maximum Gasteiger partial charge on any atom is 0.150 e. The molecule has 1 aromatic carbocycles. The molecule has 21 heavy (non-hydrogen) atoms. The molecule has 0 atom stereocenters. The van der Waals surface area contributed by atoms with Crippen molar-refractivity contribution in [3.05, 3.63) is 49.4 Å². The van der Waals surface area contributed by atoms with E-state index in [1.54, 1.807) is 0 Å². The van der Waals surface area contributed by atoms with E-state index in [2.05, 4.69) is 59.4 Å². The SMILES string of the molecule is Cc1nc(Cl)c2c(C)cn(-c3c(C)cc(Br)cc3Br)c2n1. The number of hydrogen-bond acceptors (Lipinski definition) is 2. The summed E-state index contributed by atoms with van der Waals surface area (Å²) in [5, 5.41) is 1.40. The van der Waals surface area contributed by atoms with Gasteiger partial charge in [0, 0.05) is 15.1 Å². The fourth-order valence-electron chi connectivity index (χ4n) is 2.53. The monoisotopic (exact) mass is 427 g/mol. The molecule has 108 valence electrons. The van der Waals surface area contributed by atoms with Crippen LogP contribution in [0, 0.1) is 20.8 Å². The minimum Gasteiger partial charge on any atom is -0.299 e. The molecule has 2 aromatic heterocycles. The first-order valence-corrected chi connectivity index (χ1v) is 8.32. The minimum absolute atomic E-state index is 0.500. The molecule has 0 saturated heterocycles. The van der Waals surface area contributed by atoms with Crippen LogP contribution in [-0.4, -0.2) is 14.5 Å². The van der Waals surface area contributed by atoms with E-state index in [0.29, 0.717) is 11.0 Å². The maximum absolute atomic E-state index is 6.29. The molecular formula is C15H12Br2ClN3. The highest BCUT2D eigenvalue weighted by Crippen LogP contribution is 2.34. The Morgan fingerprint density at radius 1 is 1.05 bits per heavy atom. The van der Waals surface area contributed by atoms with Gasteiger partial charge in [0.25, 0.3) is 0 Å². The lowest BCUT2D eigenvalue weighted by atomic mass is 10.2. The Balaban J connectivity index is 2.42. The third-order valence-corrected chi connectivity index (χ3v) is 4.70. The van der Waals surface area contributed by atoms with Gasteiger partial charge in [-0.3, -0.25) is 4.57 Å². The summed E-state index contributed by atoms with van der Waals surface area (Å²) in [5.41, 5.74) is 4.09.